The smallest absolute Gasteiger partial charge is 0.394 e. The third-order valence-corrected chi connectivity index (χ3v) is 7.41. The number of nitrogens with zero attached hydrogens (tertiary/aromatic N) is 1. The van der Waals surface area contributed by atoms with E-state index in [1.54, 1.807) is 0 Å². The van der Waals surface area contributed by atoms with Crippen LogP contribution in [0, 0.1) is 0 Å². The number of ether oxygens (including phenoxy) is 2. The lowest BCUT2D eigenvalue weighted by Gasteiger charge is -2.21. The van der Waals surface area contributed by atoms with Crippen molar-refractivity contribution in [3.8, 4) is 0 Å². The quantitative estimate of drug-likeness (QED) is 0.139. The first-order valence-electron chi connectivity index (χ1n) is 9.40. The van der Waals surface area contributed by atoms with Gasteiger partial charge in [-0.25, -0.2) is 13.9 Å². The van der Waals surface area contributed by atoms with Crippen LogP contribution in [0.2, 0.25) is 0 Å². The average Bonchev–Trinajstić information content (AvgIpc) is 3.16. The van der Waals surface area contributed by atoms with E-state index in [4.69, 9.17) is 14.6 Å². The van der Waals surface area contributed by atoms with Crippen molar-refractivity contribution in [1.29, 1.82) is 0 Å². The highest BCUT2D eigenvalue weighted by Crippen LogP contribution is 2.61. The molecule has 2 saturated heterocycles. The highest BCUT2D eigenvalue weighted by Gasteiger charge is 2.49. The van der Waals surface area contributed by atoms with Gasteiger partial charge in [0.1, 0.15) is 36.6 Å². The van der Waals surface area contributed by atoms with Gasteiger partial charge in [-0.2, -0.15) is 4.31 Å². The van der Waals surface area contributed by atoms with E-state index in [0.29, 0.717) is 0 Å². The minimum absolute atomic E-state index is 0.736. The summed E-state index contributed by atoms with van der Waals surface area (Å²) in [4.78, 5) is 44.3. The maximum Gasteiger partial charge on any atom is 0.483 e. The van der Waals surface area contributed by atoms with Crippen molar-refractivity contribution in [1.82, 2.24) is 9.55 Å². The van der Waals surface area contributed by atoms with Crippen molar-refractivity contribution in [2.45, 2.75) is 49.1 Å². The Balaban J connectivity index is 1.60. The monoisotopic (exact) mass is 536 g/mol. The zero-order chi connectivity index (χ0) is 25.4. The van der Waals surface area contributed by atoms with Crippen LogP contribution in [-0.4, -0.2) is 101 Å². The molecule has 8 N–H and O–H groups in total. The number of aliphatic hydroxyl groups is 5. The summed E-state index contributed by atoms with van der Waals surface area (Å²) in [6.07, 6.45) is -12.6. The van der Waals surface area contributed by atoms with E-state index in [-0.39, 0.29) is 0 Å². The lowest BCUT2D eigenvalue weighted by atomic mass is 10.1. The van der Waals surface area contributed by atoms with E-state index < -0.39 is 89.2 Å². The molecule has 1 aromatic rings. The van der Waals surface area contributed by atoms with Gasteiger partial charge in [0.25, 0.3) is 5.56 Å². The molecule has 0 aliphatic carbocycles. The van der Waals surface area contributed by atoms with E-state index >= 15 is 0 Å². The van der Waals surface area contributed by atoms with E-state index in [1.807, 2.05) is 4.98 Å². The second kappa shape index (κ2) is 10.3. The van der Waals surface area contributed by atoms with Gasteiger partial charge in [-0.3, -0.25) is 23.4 Å². The van der Waals surface area contributed by atoms with Crippen molar-refractivity contribution >= 4 is 15.6 Å². The number of rotatable bonds is 9. The molecule has 18 nitrogen and oxygen atoms in total. The number of aromatic nitrogens is 2. The fourth-order valence-electron chi connectivity index (χ4n) is 3.15. The molecular formula is C14H22N2O16P2. The first kappa shape index (κ1) is 27.3. The summed E-state index contributed by atoms with van der Waals surface area (Å²) in [6.45, 7) is -1.77. The van der Waals surface area contributed by atoms with Gasteiger partial charge in [0.2, 0.25) is 0 Å². The fraction of sp³-hybridized carbons (Fsp3) is 0.714. The highest BCUT2D eigenvalue weighted by atomic mass is 31.3. The number of H-pyrrole nitrogens is 1. The molecule has 0 amide bonds. The van der Waals surface area contributed by atoms with Crippen LogP contribution in [0.5, 0.6) is 0 Å². The summed E-state index contributed by atoms with van der Waals surface area (Å²) < 4.78 is 47.8. The maximum absolute atomic E-state index is 12.1. The second-order valence-corrected chi connectivity index (χ2v) is 10.2. The molecule has 2 aliphatic heterocycles. The van der Waals surface area contributed by atoms with E-state index in [2.05, 4.69) is 13.4 Å². The Morgan fingerprint density at radius 2 is 1.62 bits per heavy atom. The molecule has 0 spiro atoms. The minimum atomic E-state index is -5.47. The van der Waals surface area contributed by atoms with Crippen molar-refractivity contribution in [2.24, 2.45) is 0 Å². The summed E-state index contributed by atoms with van der Waals surface area (Å²) in [5.41, 5.74) is -1.72. The predicted octanol–water partition coefficient (Wildman–Crippen LogP) is -4.15. The molecule has 10 atom stereocenters. The Morgan fingerprint density at radius 1 is 0.971 bits per heavy atom. The third-order valence-electron chi connectivity index (χ3n) is 4.81. The average molecular weight is 536 g/mol. The largest absolute Gasteiger partial charge is 0.483 e. The molecule has 0 bridgehead atoms. The zero-order valence-corrected chi connectivity index (χ0v) is 18.6. The van der Waals surface area contributed by atoms with Gasteiger partial charge in [-0.15, -0.1) is 0 Å². The second-order valence-electron chi connectivity index (χ2n) is 7.19. The van der Waals surface area contributed by atoms with Gasteiger partial charge in [-0.05, 0) is 0 Å². The SMILES string of the molecule is O=c1ccn([C@@H]2O[C@H](COP(=O)(O)OP(=O)(O)O[C@H]3O[C@@H](CO)[C@H](O)[C@H]3O)[C@@H](O)[C@H]2O)c(=O)[nH]1. The van der Waals surface area contributed by atoms with Gasteiger partial charge in [0.15, 0.2) is 12.5 Å². The number of aromatic amines is 1. The molecular weight excluding hydrogens is 514 g/mol. The van der Waals surface area contributed by atoms with Crippen molar-refractivity contribution in [3.05, 3.63) is 33.1 Å². The van der Waals surface area contributed by atoms with Crippen LogP contribution < -0.4 is 11.2 Å². The van der Waals surface area contributed by atoms with Crippen LogP contribution in [-0.2, 0) is 32.0 Å². The standard InChI is InChI=1S/C14H22N2O16P2/c17-3-5-8(19)11(22)13(30-5)31-34(26,27)32-33(24,25)28-4-6-9(20)10(21)12(29-6)16-2-1-7(18)15-14(16)23/h1-2,5-6,8-13,17,19-22H,3-4H2,(H,24,25)(H,26,27)(H,15,18,23)/t5-,6+,8-,9+,10+,11+,12+,13+/m0/s1. The molecule has 34 heavy (non-hydrogen) atoms. The highest BCUT2D eigenvalue weighted by molar-refractivity contribution is 7.61. The molecule has 2 unspecified atom stereocenters. The first-order chi connectivity index (χ1) is 15.7. The molecule has 1 aromatic heterocycles. The molecule has 20 heteroatoms. The lowest BCUT2D eigenvalue weighted by molar-refractivity contribution is -0.125. The summed E-state index contributed by atoms with van der Waals surface area (Å²) >= 11 is 0. The minimum Gasteiger partial charge on any atom is -0.394 e. The number of nitrogens with one attached hydrogen (secondary N) is 1. The van der Waals surface area contributed by atoms with Crippen molar-refractivity contribution < 1.29 is 67.3 Å². The molecule has 2 aliphatic rings. The first-order valence-corrected chi connectivity index (χ1v) is 12.4. The van der Waals surface area contributed by atoms with E-state index in [1.165, 1.54) is 0 Å². The summed E-state index contributed by atoms with van der Waals surface area (Å²) in [6, 6.07) is 0.939. The molecule has 194 valence electrons. The van der Waals surface area contributed by atoms with Gasteiger partial charge in [0, 0.05) is 12.3 Å². The van der Waals surface area contributed by atoms with Crippen LogP contribution in [0.1, 0.15) is 6.23 Å². The van der Waals surface area contributed by atoms with E-state index in [9.17, 15) is 48.9 Å². The zero-order valence-electron chi connectivity index (χ0n) is 16.8. The fourth-order valence-corrected chi connectivity index (χ4v) is 5.31. The molecule has 2 fully saturated rings. The summed E-state index contributed by atoms with van der Waals surface area (Å²) in [5, 5.41) is 48.5. The van der Waals surface area contributed by atoms with Crippen molar-refractivity contribution in [3.63, 3.8) is 0 Å². The molecule has 0 radical (unpaired) electrons. The van der Waals surface area contributed by atoms with Gasteiger partial charge >= 0.3 is 21.3 Å². The van der Waals surface area contributed by atoms with Crippen molar-refractivity contribution in [2.75, 3.05) is 13.2 Å². The number of phosphoric ester groups is 2. The van der Waals surface area contributed by atoms with Crippen LogP contribution in [0.15, 0.2) is 21.9 Å². The van der Waals surface area contributed by atoms with Crippen LogP contribution in [0.4, 0.5) is 0 Å². The Bertz CT molecular complexity index is 1080. The Morgan fingerprint density at radius 3 is 2.21 bits per heavy atom. The lowest BCUT2D eigenvalue weighted by Crippen LogP contribution is -2.37. The number of hydrogen-bond donors (Lipinski definition) is 8. The van der Waals surface area contributed by atoms with E-state index in [0.717, 1.165) is 16.8 Å². The van der Waals surface area contributed by atoms with Gasteiger partial charge in [-0.1, -0.05) is 0 Å². The van der Waals surface area contributed by atoms with Crippen LogP contribution >= 0.6 is 15.6 Å². The van der Waals surface area contributed by atoms with Crippen LogP contribution in [0.25, 0.3) is 0 Å². The number of phosphoric acid groups is 2. The third kappa shape index (κ3) is 6.07. The number of aliphatic hydroxyl groups excluding tert-OH is 5. The topological polar surface area (TPSA) is 277 Å². The van der Waals surface area contributed by atoms with Crippen LogP contribution in [0.3, 0.4) is 0 Å². The number of hydrogen-bond acceptors (Lipinski definition) is 14. The Kier molecular flexibility index (Phi) is 8.28. The molecule has 0 saturated carbocycles. The molecule has 3 heterocycles. The summed E-state index contributed by atoms with van der Waals surface area (Å²) in [7, 11) is -10.9. The maximum atomic E-state index is 12.1. The molecule has 0 aromatic carbocycles. The van der Waals surface area contributed by atoms with Gasteiger partial charge in [0.05, 0.1) is 13.2 Å². The predicted molar refractivity (Wildman–Crippen MR) is 103 cm³/mol. The van der Waals surface area contributed by atoms with Gasteiger partial charge < -0.3 is 44.8 Å². The Hall–Kier alpha value is -1.34. The summed E-state index contributed by atoms with van der Waals surface area (Å²) in [5.74, 6) is 0. The normalized spacial score (nSPS) is 37.4. The molecule has 3 rings (SSSR count). The Labute approximate surface area is 188 Å².